The highest BCUT2D eigenvalue weighted by Gasteiger charge is 2.26. The summed E-state index contributed by atoms with van der Waals surface area (Å²) < 4.78 is 5.53. The summed E-state index contributed by atoms with van der Waals surface area (Å²) in [7, 11) is 0. The molecule has 0 spiro atoms. The van der Waals surface area contributed by atoms with Crippen molar-refractivity contribution in [2.24, 2.45) is 5.92 Å². The first-order valence-corrected chi connectivity index (χ1v) is 8.55. The lowest BCUT2D eigenvalue weighted by molar-refractivity contribution is -0.122. The minimum absolute atomic E-state index is 0.00101. The zero-order chi connectivity index (χ0) is 17.5. The van der Waals surface area contributed by atoms with Gasteiger partial charge in [0.1, 0.15) is 12.4 Å². The van der Waals surface area contributed by atoms with E-state index in [2.05, 4.69) is 10.6 Å². The highest BCUT2D eigenvalue weighted by Crippen LogP contribution is 2.27. The lowest BCUT2D eigenvalue weighted by Crippen LogP contribution is -2.32. The number of carbonyl (C=O) groups is 2. The predicted octanol–water partition coefficient (Wildman–Crippen LogP) is 2.77. The van der Waals surface area contributed by atoms with Crippen molar-refractivity contribution >= 4 is 17.5 Å². The average Bonchev–Trinajstić information content (AvgIpc) is 2.64. The predicted molar refractivity (Wildman–Crippen MR) is 96.4 cm³/mol. The van der Waals surface area contributed by atoms with E-state index >= 15 is 0 Å². The van der Waals surface area contributed by atoms with Crippen molar-refractivity contribution in [1.29, 1.82) is 0 Å². The van der Waals surface area contributed by atoms with Gasteiger partial charge in [0.15, 0.2) is 0 Å². The van der Waals surface area contributed by atoms with Crippen LogP contribution in [0.15, 0.2) is 54.6 Å². The summed E-state index contributed by atoms with van der Waals surface area (Å²) in [6.07, 6.45) is 1.57. The molecule has 0 radical (unpaired) electrons. The fourth-order valence-corrected chi connectivity index (χ4v) is 2.92. The van der Waals surface area contributed by atoms with E-state index in [0.29, 0.717) is 32.4 Å². The summed E-state index contributed by atoms with van der Waals surface area (Å²) in [6.45, 7) is 0.875. The van der Waals surface area contributed by atoms with E-state index in [4.69, 9.17) is 4.74 Å². The Labute approximate surface area is 147 Å². The van der Waals surface area contributed by atoms with E-state index < -0.39 is 0 Å². The van der Waals surface area contributed by atoms with E-state index in [-0.39, 0.29) is 17.7 Å². The highest BCUT2D eigenvalue weighted by atomic mass is 16.5. The summed E-state index contributed by atoms with van der Waals surface area (Å²) in [4.78, 5) is 24.1. The van der Waals surface area contributed by atoms with Gasteiger partial charge in [-0.15, -0.1) is 0 Å². The van der Waals surface area contributed by atoms with Crippen LogP contribution in [-0.4, -0.2) is 25.0 Å². The molecule has 2 aromatic carbocycles. The average molecular weight is 338 g/mol. The molecule has 25 heavy (non-hydrogen) atoms. The van der Waals surface area contributed by atoms with Crippen LogP contribution < -0.4 is 15.4 Å². The van der Waals surface area contributed by atoms with Gasteiger partial charge in [0, 0.05) is 18.0 Å². The molecule has 0 fully saturated rings. The topological polar surface area (TPSA) is 67.4 Å². The lowest BCUT2D eigenvalue weighted by atomic mass is 9.89. The molecular formula is C20H22N2O3. The Bertz CT molecular complexity index is 731. The third-order valence-electron chi connectivity index (χ3n) is 4.27. The van der Waals surface area contributed by atoms with Crippen molar-refractivity contribution in [1.82, 2.24) is 5.32 Å². The van der Waals surface area contributed by atoms with Gasteiger partial charge in [-0.2, -0.15) is 0 Å². The van der Waals surface area contributed by atoms with Gasteiger partial charge in [0.25, 0.3) is 0 Å². The largest absolute Gasteiger partial charge is 0.492 e. The van der Waals surface area contributed by atoms with Gasteiger partial charge in [-0.3, -0.25) is 9.59 Å². The van der Waals surface area contributed by atoms with Gasteiger partial charge >= 0.3 is 0 Å². The number of hydrogen-bond donors (Lipinski definition) is 2. The Morgan fingerprint density at radius 3 is 2.72 bits per heavy atom. The normalized spacial score (nSPS) is 15.8. The number of nitrogens with one attached hydrogen (secondary N) is 2. The number of ether oxygens (including phenoxy) is 1. The smallest absolute Gasteiger partial charge is 0.227 e. The molecule has 2 aromatic rings. The second kappa shape index (κ2) is 8.33. The maximum atomic E-state index is 12.1. The molecular weight excluding hydrogens is 316 g/mol. The summed E-state index contributed by atoms with van der Waals surface area (Å²) in [5.41, 5.74) is 2.01. The maximum Gasteiger partial charge on any atom is 0.227 e. The molecule has 5 heteroatoms. The molecule has 0 aliphatic carbocycles. The molecule has 1 heterocycles. The van der Waals surface area contributed by atoms with E-state index in [1.807, 2.05) is 54.6 Å². The molecule has 0 aromatic heterocycles. The Morgan fingerprint density at radius 1 is 1.12 bits per heavy atom. The van der Waals surface area contributed by atoms with Gasteiger partial charge < -0.3 is 15.4 Å². The number of fused-ring (bicyclic) bond motifs is 1. The van der Waals surface area contributed by atoms with E-state index in [0.717, 1.165) is 17.0 Å². The second-order valence-corrected chi connectivity index (χ2v) is 6.10. The second-order valence-electron chi connectivity index (χ2n) is 6.10. The van der Waals surface area contributed by atoms with Crippen molar-refractivity contribution < 1.29 is 14.3 Å². The van der Waals surface area contributed by atoms with E-state index in [9.17, 15) is 9.59 Å². The first kappa shape index (κ1) is 17.0. The number of hydrogen-bond acceptors (Lipinski definition) is 3. The van der Waals surface area contributed by atoms with Crippen LogP contribution in [0.25, 0.3) is 0 Å². The van der Waals surface area contributed by atoms with Crippen molar-refractivity contribution in [3.63, 3.8) is 0 Å². The summed E-state index contributed by atoms with van der Waals surface area (Å²) in [5, 5.41) is 5.74. The zero-order valence-corrected chi connectivity index (χ0v) is 14.0. The molecule has 1 aliphatic heterocycles. The summed E-state index contributed by atoms with van der Waals surface area (Å²) in [5.74, 6) is 0.581. The van der Waals surface area contributed by atoms with Crippen LogP contribution in [0.1, 0.15) is 18.4 Å². The third kappa shape index (κ3) is 4.83. The molecule has 0 bridgehead atoms. The molecule has 2 N–H and O–H groups in total. The van der Waals surface area contributed by atoms with Crippen LogP contribution in [0.2, 0.25) is 0 Å². The fraction of sp³-hybridized carbons (Fsp3) is 0.300. The van der Waals surface area contributed by atoms with Crippen LogP contribution in [0.4, 0.5) is 5.69 Å². The first-order valence-electron chi connectivity index (χ1n) is 8.55. The van der Waals surface area contributed by atoms with E-state index in [1.54, 1.807) is 0 Å². The quantitative estimate of drug-likeness (QED) is 0.763. The molecule has 130 valence electrons. The molecule has 0 saturated carbocycles. The van der Waals surface area contributed by atoms with Crippen molar-refractivity contribution in [2.45, 2.75) is 19.3 Å². The number of para-hydroxylation sites is 2. The van der Waals surface area contributed by atoms with Crippen molar-refractivity contribution in [3.05, 3.63) is 60.2 Å². The Hall–Kier alpha value is -2.82. The van der Waals surface area contributed by atoms with Crippen LogP contribution in [0.3, 0.4) is 0 Å². The zero-order valence-electron chi connectivity index (χ0n) is 14.0. The summed E-state index contributed by atoms with van der Waals surface area (Å²) in [6, 6.07) is 17.3. The molecule has 0 unspecified atom stereocenters. The Morgan fingerprint density at radius 2 is 1.88 bits per heavy atom. The first-order chi connectivity index (χ1) is 12.2. The van der Waals surface area contributed by atoms with Gasteiger partial charge in [0.05, 0.1) is 6.54 Å². The van der Waals surface area contributed by atoms with Crippen LogP contribution in [0, 0.1) is 5.92 Å². The standard InChI is InChI=1S/C20H22N2O3/c23-19(21-12-13-25-17-7-2-1-3-8-17)11-10-16-14-15-6-4-5-9-18(15)22-20(16)24/h1-9,16H,10-14H2,(H,21,23)(H,22,24)/t16-/m0/s1. The fourth-order valence-electron chi connectivity index (χ4n) is 2.92. The van der Waals surface area contributed by atoms with Gasteiger partial charge in [-0.25, -0.2) is 0 Å². The van der Waals surface area contributed by atoms with Gasteiger partial charge in [-0.1, -0.05) is 36.4 Å². The minimum atomic E-state index is -0.152. The number of anilines is 1. The lowest BCUT2D eigenvalue weighted by Gasteiger charge is -2.24. The molecule has 2 amide bonds. The van der Waals surface area contributed by atoms with E-state index in [1.165, 1.54) is 0 Å². The van der Waals surface area contributed by atoms with Crippen LogP contribution >= 0.6 is 0 Å². The SMILES string of the molecule is O=C(CC[C@H]1Cc2ccccc2NC1=O)NCCOc1ccccc1. The van der Waals surface area contributed by atoms with Gasteiger partial charge in [0.2, 0.25) is 11.8 Å². The molecule has 3 rings (SSSR count). The van der Waals surface area contributed by atoms with Crippen LogP contribution in [0.5, 0.6) is 5.75 Å². The maximum absolute atomic E-state index is 12.1. The number of benzene rings is 2. The number of rotatable bonds is 7. The number of carbonyl (C=O) groups excluding carboxylic acids is 2. The summed E-state index contributed by atoms with van der Waals surface area (Å²) >= 11 is 0. The Kier molecular flexibility index (Phi) is 5.67. The minimum Gasteiger partial charge on any atom is -0.492 e. The highest BCUT2D eigenvalue weighted by molar-refractivity contribution is 5.96. The molecule has 1 atom stereocenters. The molecule has 0 saturated heterocycles. The molecule has 1 aliphatic rings. The van der Waals surface area contributed by atoms with Gasteiger partial charge in [-0.05, 0) is 36.6 Å². The Balaban J connectivity index is 1.37. The van der Waals surface area contributed by atoms with Crippen molar-refractivity contribution in [3.8, 4) is 5.75 Å². The van der Waals surface area contributed by atoms with Crippen molar-refractivity contribution in [2.75, 3.05) is 18.5 Å². The van der Waals surface area contributed by atoms with Crippen LogP contribution in [-0.2, 0) is 16.0 Å². The third-order valence-corrected chi connectivity index (χ3v) is 4.27. The molecule has 5 nitrogen and oxygen atoms in total. The number of amides is 2. The monoisotopic (exact) mass is 338 g/mol.